The number of amides is 2. The smallest absolute Gasteiger partial charge is 0.420 e. The van der Waals surface area contributed by atoms with Crippen LogP contribution in [0.15, 0.2) is 12.3 Å². The van der Waals surface area contributed by atoms with E-state index in [0.717, 1.165) is 0 Å². The molecule has 0 fully saturated rings. The largest absolute Gasteiger partial charge is 0.464 e. The molecule has 10 nitrogen and oxygen atoms in total. The molecule has 0 spiro atoms. The zero-order valence-corrected chi connectivity index (χ0v) is 18.1. The third-order valence-electron chi connectivity index (χ3n) is 2.96. The van der Waals surface area contributed by atoms with Crippen molar-refractivity contribution in [3.05, 3.63) is 22.4 Å². The highest BCUT2D eigenvalue weighted by Gasteiger charge is 2.46. The van der Waals surface area contributed by atoms with Gasteiger partial charge in [0.2, 0.25) is 6.20 Å². The Morgan fingerprint density at radius 1 is 1.03 bits per heavy atom. The summed E-state index contributed by atoms with van der Waals surface area (Å²) in [6.45, 7) is 9.95. The van der Waals surface area contributed by atoms with Crippen LogP contribution in [0.5, 0.6) is 0 Å². The number of alkyl halides is 2. The Morgan fingerprint density at radius 3 is 1.80 bits per heavy atom. The lowest BCUT2D eigenvalue weighted by Crippen LogP contribution is -2.54. The maximum Gasteiger partial charge on any atom is 0.420 e. The number of hydrogen-bond donors (Lipinski definition) is 0. The third-order valence-corrected chi connectivity index (χ3v) is 2.96. The molecule has 0 saturated heterocycles. The fraction of sp³-hybridized carbons (Fsp3) is 0.722. The van der Waals surface area contributed by atoms with E-state index >= 15 is 0 Å². The summed E-state index contributed by atoms with van der Waals surface area (Å²) in [5.41, 5.74) is -2.27. The van der Waals surface area contributed by atoms with Crippen LogP contribution in [0.25, 0.3) is 0 Å². The van der Waals surface area contributed by atoms with E-state index in [4.69, 9.17) is 14.2 Å². The topological polar surface area (TPSA) is 125 Å². The zero-order valence-electron chi connectivity index (χ0n) is 18.1. The van der Waals surface area contributed by atoms with Crippen LogP contribution < -0.4 is 0 Å². The molecule has 0 aliphatic rings. The van der Waals surface area contributed by atoms with E-state index in [1.807, 2.05) is 0 Å². The van der Waals surface area contributed by atoms with Crippen molar-refractivity contribution in [1.29, 1.82) is 0 Å². The van der Waals surface area contributed by atoms with Gasteiger partial charge in [-0.3, -0.25) is 10.1 Å². The number of esters is 1. The molecule has 1 atom stereocenters. The third kappa shape index (κ3) is 10.7. The summed E-state index contributed by atoms with van der Waals surface area (Å²) < 4.78 is 43.4. The van der Waals surface area contributed by atoms with E-state index in [-0.39, 0.29) is 23.8 Å². The Balaban J connectivity index is 6.23. The first-order valence-corrected chi connectivity index (χ1v) is 9.01. The Kier molecular flexibility index (Phi) is 9.34. The van der Waals surface area contributed by atoms with Crippen molar-refractivity contribution in [1.82, 2.24) is 4.90 Å². The van der Waals surface area contributed by atoms with Crippen molar-refractivity contribution >= 4 is 18.2 Å². The summed E-state index contributed by atoms with van der Waals surface area (Å²) in [5, 5.41) is 10.4. The molecule has 0 saturated carbocycles. The average molecular weight is 438 g/mol. The van der Waals surface area contributed by atoms with Crippen molar-refractivity contribution < 1.29 is 42.3 Å². The van der Waals surface area contributed by atoms with Gasteiger partial charge in [0.1, 0.15) is 17.2 Å². The fourth-order valence-electron chi connectivity index (χ4n) is 1.97. The van der Waals surface area contributed by atoms with Gasteiger partial charge in [-0.25, -0.2) is 23.2 Å². The lowest BCUT2D eigenvalue weighted by molar-refractivity contribution is -0.403. The minimum Gasteiger partial charge on any atom is -0.464 e. The second-order valence-corrected chi connectivity index (χ2v) is 8.16. The number of halogens is 2. The number of nitrogens with zero attached hydrogens (tertiary/aromatic N) is 2. The normalized spacial score (nSPS) is 13.5. The standard InChI is InChI=1S/C18H28F2N2O8/c1-8-28-13(23)12(11-18(19,20)9-10-21(26)27)22(14(24)29-16(2,3)4)15(25)30-17(5,6)7/h9-10,12H,8,11H2,1-7H3/t12-/m0/s1. The van der Waals surface area contributed by atoms with E-state index in [1.165, 1.54) is 48.5 Å². The molecule has 0 aliphatic heterocycles. The highest BCUT2D eigenvalue weighted by molar-refractivity contribution is 5.94. The van der Waals surface area contributed by atoms with Crippen LogP contribution in [-0.4, -0.2) is 57.8 Å². The summed E-state index contributed by atoms with van der Waals surface area (Å²) in [4.78, 5) is 46.9. The molecule has 0 aliphatic carbocycles. The van der Waals surface area contributed by atoms with Crippen LogP contribution in [-0.2, 0) is 19.0 Å². The molecular weight excluding hydrogens is 410 g/mol. The number of imide groups is 1. The molecule has 12 heteroatoms. The van der Waals surface area contributed by atoms with E-state index in [0.29, 0.717) is 0 Å². The number of ether oxygens (including phenoxy) is 3. The Bertz CT molecular complexity index is 653. The van der Waals surface area contributed by atoms with Gasteiger partial charge in [-0.15, -0.1) is 0 Å². The van der Waals surface area contributed by atoms with Crippen LogP contribution in [0.4, 0.5) is 18.4 Å². The molecule has 0 rings (SSSR count). The SMILES string of the molecule is CCOC(=O)[C@H](CC(F)(F)C=C[N+](=O)[O-])N(C(=O)OC(C)(C)C)C(=O)OC(C)(C)C. The van der Waals surface area contributed by atoms with Crippen LogP contribution >= 0.6 is 0 Å². The molecule has 0 aromatic heterocycles. The maximum absolute atomic E-state index is 14.3. The van der Waals surface area contributed by atoms with Crippen molar-refractivity contribution in [3.63, 3.8) is 0 Å². The van der Waals surface area contributed by atoms with Gasteiger partial charge in [0, 0.05) is 6.42 Å². The van der Waals surface area contributed by atoms with Crippen LogP contribution in [0.2, 0.25) is 0 Å². The second kappa shape index (κ2) is 10.3. The number of carbonyl (C=O) groups excluding carboxylic acids is 3. The van der Waals surface area contributed by atoms with E-state index in [9.17, 15) is 33.3 Å². The van der Waals surface area contributed by atoms with Gasteiger partial charge in [-0.2, -0.15) is 4.90 Å². The predicted octanol–water partition coefficient (Wildman–Crippen LogP) is 3.91. The molecule has 0 radical (unpaired) electrons. The summed E-state index contributed by atoms with van der Waals surface area (Å²) in [5.74, 6) is -5.27. The first-order chi connectivity index (χ1) is 13.4. The van der Waals surface area contributed by atoms with Gasteiger partial charge < -0.3 is 14.2 Å². The van der Waals surface area contributed by atoms with Gasteiger partial charge in [0.25, 0.3) is 5.92 Å². The number of allylic oxidation sites excluding steroid dienone is 1. The summed E-state index contributed by atoms with van der Waals surface area (Å²) in [6, 6.07) is -2.17. The second-order valence-electron chi connectivity index (χ2n) is 8.16. The summed E-state index contributed by atoms with van der Waals surface area (Å²) >= 11 is 0. The number of carbonyl (C=O) groups is 3. The molecule has 2 amide bonds. The number of rotatable bonds is 7. The average Bonchev–Trinajstić information content (AvgIpc) is 2.49. The summed E-state index contributed by atoms with van der Waals surface area (Å²) in [6.07, 6.45) is -4.36. The molecule has 0 aromatic carbocycles. The molecule has 172 valence electrons. The molecule has 0 aromatic rings. The first kappa shape index (κ1) is 27.2. The highest BCUT2D eigenvalue weighted by atomic mass is 19.3. The van der Waals surface area contributed by atoms with Crippen molar-refractivity contribution in [2.75, 3.05) is 6.61 Å². The minimum absolute atomic E-state index is 0.00644. The first-order valence-electron chi connectivity index (χ1n) is 9.01. The van der Waals surface area contributed by atoms with E-state index in [1.54, 1.807) is 0 Å². The van der Waals surface area contributed by atoms with Crippen molar-refractivity contribution in [2.45, 2.75) is 78.1 Å². The quantitative estimate of drug-likeness (QED) is 0.254. The summed E-state index contributed by atoms with van der Waals surface area (Å²) in [7, 11) is 0. The Morgan fingerprint density at radius 2 is 1.47 bits per heavy atom. The van der Waals surface area contributed by atoms with Crippen molar-refractivity contribution in [2.24, 2.45) is 0 Å². The molecule has 0 bridgehead atoms. The molecule has 0 heterocycles. The predicted molar refractivity (Wildman–Crippen MR) is 100 cm³/mol. The Labute approximate surface area is 173 Å². The van der Waals surface area contributed by atoms with Gasteiger partial charge in [-0.1, -0.05) is 0 Å². The minimum atomic E-state index is -3.94. The molecule has 0 N–H and O–H groups in total. The van der Waals surface area contributed by atoms with Crippen LogP contribution in [0.1, 0.15) is 54.9 Å². The fourth-order valence-corrected chi connectivity index (χ4v) is 1.97. The van der Waals surface area contributed by atoms with E-state index in [2.05, 4.69) is 0 Å². The Hall–Kier alpha value is -2.79. The van der Waals surface area contributed by atoms with Gasteiger partial charge in [0.15, 0.2) is 0 Å². The highest BCUT2D eigenvalue weighted by Crippen LogP contribution is 2.28. The monoisotopic (exact) mass is 438 g/mol. The number of nitro groups is 1. The van der Waals surface area contributed by atoms with Crippen molar-refractivity contribution in [3.8, 4) is 0 Å². The zero-order chi connectivity index (χ0) is 23.9. The van der Waals surface area contributed by atoms with Crippen LogP contribution in [0, 0.1) is 10.1 Å². The van der Waals surface area contributed by atoms with Gasteiger partial charge >= 0.3 is 18.2 Å². The van der Waals surface area contributed by atoms with Gasteiger partial charge in [-0.05, 0) is 48.5 Å². The number of hydrogen-bond acceptors (Lipinski definition) is 8. The molecule has 30 heavy (non-hydrogen) atoms. The molecule has 0 unspecified atom stereocenters. The van der Waals surface area contributed by atoms with E-state index < -0.39 is 52.7 Å². The lowest BCUT2D eigenvalue weighted by atomic mass is 10.1. The van der Waals surface area contributed by atoms with Gasteiger partial charge in [0.05, 0.1) is 17.6 Å². The van der Waals surface area contributed by atoms with Crippen LogP contribution in [0.3, 0.4) is 0 Å². The lowest BCUT2D eigenvalue weighted by Gasteiger charge is -2.33. The molecular formula is C18H28F2N2O8. The maximum atomic E-state index is 14.3.